The molecule has 0 heterocycles. The Hall–Kier alpha value is -1.05. The van der Waals surface area contributed by atoms with Crippen LogP contribution >= 0.6 is 0 Å². The summed E-state index contributed by atoms with van der Waals surface area (Å²) in [6.07, 6.45) is 5.62. The molecule has 0 saturated heterocycles. The van der Waals surface area contributed by atoms with Crippen molar-refractivity contribution >= 4 is 5.97 Å². The van der Waals surface area contributed by atoms with Crippen LogP contribution in [0.5, 0.6) is 0 Å². The number of ether oxygens (including phenoxy) is 1. The Morgan fingerprint density at radius 2 is 2.08 bits per heavy atom. The van der Waals surface area contributed by atoms with Crippen LogP contribution in [-0.4, -0.2) is 12.6 Å². The predicted molar refractivity (Wildman–Crippen MR) is 54.4 cm³/mol. The lowest BCUT2D eigenvalue weighted by Crippen LogP contribution is -2.05. The average Bonchev–Trinajstić information content (AvgIpc) is 2.10. The van der Waals surface area contributed by atoms with Gasteiger partial charge in [0.15, 0.2) is 0 Å². The molecule has 0 aliphatic carbocycles. The molecule has 0 aliphatic heterocycles. The van der Waals surface area contributed by atoms with Gasteiger partial charge < -0.3 is 4.74 Å². The number of allylic oxidation sites excluding steroid dienone is 2. The molecular weight excluding hydrogens is 164 g/mol. The predicted octanol–water partition coefficient (Wildman–Crippen LogP) is 2.71. The molecule has 0 spiro atoms. The van der Waals surface area contributed by atoms with E-state index in [1.165, 1.54) is 0 Å². The minimum Gasteiger partial charge on any atom is -0.458 e. The maximum absolute atomic E-state index is 11.1. The van der Waals surface area contributed by atoms with Crippen molar-refractivity contribution in [2.75, 3.05) is 6.61 Å². The van der Waals surface area contributed by atoms with Gasteiger partial charge in [0.25, 0.3) is 0 Å². The zero-order chi connectivity index (χ0) is 10.3. The maximum atomic E-state index is 11.1. The zero-order valence-corrected chi connectivity index (χ0v) is 8.83. The highest BCUT2D eigenvalue weighted by Gasteiger charge is 2.01. The molecule has 0 radical (unpaired) electrons. The van der Waals surface area contributed by atoms with Gasteiger partial charge in [-0.3, -0.25) is 0 Å². The fourth-order valence-corrected chi connectivity index (χ4v) is 0.683. The monoisotopic (exact) mass is 182 g/mol. The molecule has 0 aliphatic rings. The molecule has 0 saturated carbocycles. The smallest absolute Gasteiger partial charge is 0.333 e. The standard InChI is InChI=1S/C11H18O2/c1-5-10(4)11(12)13-8-6-7-9(2)3/h5-7,9H,8H2,1-4H3/b7-6+,10-5-. The fourth-order valence-electron chi connectivity index (χ4n) is 0.683. The van der Waals surface area contributed by atoms with Gasteiger partial charge in [0.1, 0.15) is 6.61 Å². The van der Waals surface area contributed by atoms with E-state index in [0.717, 1.165) is 0 Å². The van der Waals surface area contributed by atoms with Gasteiger partial charge in [0.2, 0.25) is 0 Å². The van der Waals surface area contributed by atoms with E-state index < -0.39 is 0 Å². The van der Waals surface area contributed by atoms with Gasteiger partial charge in [-0.1, -0.05) is 32.1 Å². The van der Waals surface area contributed by atoms with Crippen LogP contribution in [0.3, 0.4) is 0 Å². The maximum Gasteiger partial charge on any atom is 0.333 e. The molecule has 0 atom stereocenters. The average molecular weight is 182 g/mol. The van der Waals surface area contributed by atoms with Gasteiger partial charge in [-0.25, -0.2) is 4.79 Å². The zero-order valence-electron chi connectivity index (χ0n) is 8.83. The van der Waals surface area contributed by atoms with Crippen molar-refractivity contribution in [3.63, 3.8) is 0 Å². The van der Waals surface area contributed by atoms with Crippen molar-refractivity contribution in [3.8, 4) is 0 Å². The molecule has 0 aromatic heterocycles. The molecule has 0 N–H and O–H groups in total. The van der Waals surface area contributed by atoms with E-state index in [9.17, 15) is 4.79 Å². The molecule has 74 valence electrons. The lowest BCUT2D eigenvalue weighted by atomic mass is 10.2. The van der Waals surface area contributed by atoms with E-state index in [-0.39, 0.29) is 5.97 Å². The van der Waals surface area contributed by atoms with Crippen LogP contribution in [0.25, 0.3) is 0 Å². The van der Waals surface area contributed by atoms with Crippen LogP contribution in [0.15, 0.2) is 23.8 Å². The first-order valence-electron chi connectivity index (χ1n) is 4.54. The third-order valence-corrected chi connectivity index (χ3v) is 1.59. The molecule has 0 rings (SSSR count). The normalized spacial score (nSPS) is 12.5. The summed E-state index contributed by atoms with van der Waals surface area (Å²) in [5.74, 6) is 0.262. The van der Waals surface area contributed by atoms with Crippen LogP contribution in [0.1, 0.15) is 27.7 Å². The molecule has 0 aromatic carbocycles. The Labute approximate surface area is 80.3 Å². The van der Waals surface area contributed by atoms with Gasteiger partial charge in [-0.05, 0) is 19.8 Å². The van der Waals surface area contributed by atoms with Crippen molar-refractivity contribution in [2.24, 2.45) is 5.92 Å². The minimum atomic E-state index is -0.240. The summed E-state index contributed by atoms with van der Waals surface area (Å²) in [5.41, 5.74) is 0.651. The van der Waals surface area contributed by atoms with E-state index in [0.29, 0.717) is 18.1 Å². The summed E-state index contributed by atoms with van der Waals surface area (Å²) in [6, 6.07) is 0. The summed E-state index contributed by atoms with van der Waals surface area (Å²) in [5, 5.41) is 0. The number of carbonyl (C=O) groups excluding carboxylic acids is 1. The summed E-state index contributed by atoms with van der Waals surface area (Å²) in [4.78, 5) is 11.1. The molecule has 0 aromatic rings. The Kier molecular flexibility index (Phi) is 5.94. The van der Waals surface area contributed by atoms with E-state index in [4.69, 9.17) is 4.74 Å². The first-order valence-corrected chi connectivity index (χ1v) is 4.54. The molecule has 0 amide bonds. The van der Waals surface area contributed by atoms with Gasteiger partial charge in [-0.15, -0.1) is 0 Å². The third-order valence-electron chi connectivity index (χ3n) is 1.59. The van der Waals surface area contributed by atoms with Crippen LogP contribution < -0.4 is 0 Å². The highest BCUT2D eigenvalue weighted by Crippen LogP contribution is 1.97. The highest BCUT2D eigenvalue weighted by molar-refractivity contribution is 5.87. The number of carbonyl (C=O) groups is 1. The fraction of sp³-hybridized carbons (Fsp3) is 0.545. The largest absolute Gasteiger partial charge is 0.458 e. The number of hydrogen-bond donors (Lipinski definition) is 0. The summed E-state index contributed by atoms with van der Waals surface area (Å²) in [6.45, 7) is 8.09. The first kappa shape index (κ1) is 11.9. The van der Waals surface area contributed by atoms with Crippen LogP contribution in [-0.2, 0) is 9.53 Å². The Morgan fingerprint density at radius 3 is 2.54 bits per heavy atom. The molecule has 13 heavy (non-hydrogen) atoms. The Bertz CT molecular complexity index is 212. The number of hydrogen-bond acceptors (Lipinski definition) is 2. The van der Waals surface area contributed by atoms with Crippen LogP contribution in [0.2, 0.25) is 0 Å². The molecular formula is C11H18O2. The molecule has 0 fully saturated rings. The van der Waals surface area contributed by atoms with Gasteiger partial charge in [-0.2, -0.15) is 0 Å². The summed E-state index contributed by atoms with van der Waals surface area (Å²) >= 11 is 0. The second kappa shape index (κ2) is 6.46. The molecule has 0 unspecified atom stereocenters. The topological polar surface area (TPSA) is 26.3 Å². The van der Waals surface area contributed by atoms with E-state index in [1.54, 1.807) is 13.0 Å². The van der Waals surface area contributed by atoms with Gasteiger partial charge >= 0.3 is 5.97 Å². The Balaban J connectivity index is 3.72. The van der Waals surface area contributed by atoms with Crippen molar-refractivity contribution in [3.05, 3.63) is 23.8 Å². The van der Waals surface area contributed by atoms with Crippen LogP contribution in [0.4, 0.5) is 0 Å². The number of rotatable bonds is 4. The second-order valence-corrected chi connectivity index (χ2v) is 3.24. The first-order chi connectivity index (χ1) is 6.07. The minimum absolute atomic E-state index is 0.240. The van der Waals surface area contributed by atoms with Crippen LogP contribution in [0, 0.1) is 5.92 Å². The van der Waals surface area contributed by atoms with E-state index in [1.807, 2.05) is 19.1 Å². The highest BCUT2D eigenvalue weighted by atomic mass is 16.5. The van der Waals surface area contributed by atoms with E-state index >= 15 is 0 Å². The SMILES string of the molecule is C/C=C(/C)C(=O)OC/C=C/C(C)C. The van der Waals surface area contributed by atoms with Crippen molar-refractivity contribution in [1.82, 2.24) is 0 Å². The molecule has 0 bridgehead atoms. The molecule has 2 heteroatoms. The molecule has 2 nitrogen and oxygen atoms in total. The van der Waals surface area contributed by atoms with Crippen molar-refractivity contribution in [2.45, 2.75) is 27.7 Å². The summed E-state index contributed by atoms with van der Waals surface area (Å²) in [7, 11) is 0. The Morgan fingerprint density at radius 1 is 1.46 bits per heavy atom. The van der Waals surface area contributed by atoms with Gasteiger partial charge in [0.05, 0.1) is 0 Å². The van der Waals surface area contributed by atoms with E-state index in [2.05, 4.69) is 13.8 Å². The number of esters is 1. The van der Waals surface area contributed by atoms with Crippen molar-refractivity contribution < 1.29 is 9.53 Å². The quantitative estimate of drug-likeness (QED) is 0.379. The third kappa shape index (κ3) is 6.14. The van der Waals surface area contributed by atoms with Gasteiger partial charge in [0, 0.05) is 5.57 Å². The lowest BCUT2D eigenvalue weighted by molar-refractivity contribution is -0.137. The summed E-state index contributed by atoms with van der Waals surface area (Å²) < 4.78 is 4.95. The second-order valence-electron chi connectivity index (χ2n) is 3.24. The van der Waals surface area contributed by atoms with Crippen molar-refractivity contribution in [1.29, 1.82) is 0 Å². The lowest BCUT2D eigenvalue weighted by Gasteiger charge is -2.01.